The monoisotopic (exact) mass is 706 g/mol. The maximum atomic E-state index is 14.2. The Bertz CT molecular complexity index is 1730. The lowest BCUT2D eigenvalue weighted by molar-refractivity contribution is -0.163. The van der Waals surface area contributed by atoms with Crippen LogP contribution in [-0.4, -0.2) is 70.7 Å². The van der Waals surface area contributed by atoms with E-state index in [0.717, 1.165) is 23.3 Å². The second-order valence-corrected chi connectivity index (χ2v) is 13.4. The normalized spacial score (nSPS) is 19.8. The largest absolute Gasteiger partial charge is 0.447 e. The smallest absolute Gasteiger partial charge is 0.416 e. The predicted molar refractivity (Wildman–Crippen MR) is 183 cm³/mol. The summed E-state index contributed by atoms with van der Waals surface area (Å²) in [6, 6.07) is 19.7. The number of nitrogens with one attached hydrogen (secondary N) is 2. The first-order valence-corrected chi connectivity index (χ1v) is 16.7. The molecule has 270 valence electrons. The Labute approximate surface area is 294 Å². The maximum Gasteiger partial charge on any atom is 0.416 e. The molecule has 4 atom stereocenters. The van der Waals surface area contributed by atoms with Gasteiger partial charge in [-0.15, -0.1) is 0 Å². The van der Waals surface area contributed by atoms with E-state index in [-0.39, 0.29) is 38.1 Å². The summed E-state index contributed by atoms with van der Waals surface area (Å²) >= 11 is 0. The number of rotatable bonds is 12. The number of amides is 4. The summed E-state index contributed by atoms with van der Waals surface area (Å²) in [6.45, 7) is 5.12. The SMILES string of the molecule is CC(C)(C)OC(=O)NCCC[C@@H](C(=O)NCc1cccc(C(F)(F)F)c1)N1C(=O)[C@@H](N2C(=O)OC[C@H]2c2ccccc2)[C@@H]1/C=C/c1ccccc1. The average Bonchev–Trinajstić information content (AvgIpc) is 3.46. The molecule has 3 aromatic carbocycles. The van der Waals surface area contributed by atoms with Crippen molar-refractivity contribution in [1.82, 2.24) is 20.4 Å². The van der Waals surface area contributed by atoms with Gasteiger partial charge in [-0.05, 0) is 62.4 Å². The molecule has 3 aromatic rings. The quantitative estimate of drug-likeness (QED) is 0.165. The van der Waals surface area contributed by atoms with E-state index in [1.54, 1.807) is 32.9 Å². The lowest BCUT2D eigenvalue weighted by Gasteiger charge is -2.52. The molecule has 0 unspecified atom stereocenters. The lowest BCUT2D eigenvalue weighted by Crippen LogP contribution is -2.74. The maximum absolute atomic E-state index is 14.2. The van der Waals surface area contributed by atoms with Crippen LogP contribution < -0.4 is 10.6 Å². The van der Waals surface area contributed by atoms with E-state index >= 15 is 0 Å². The van der Waals surface area contributed by atoms with Gasteiger partial charge in [0.25, 0.3) is 0 Å². The fourth-order valence-corrected chi connectivity index (χ4v) is 6.17. The number of carbonyl (C=O) groups is 4. The van der Waals surface area contributed by atoms with Crippen LogP contribution in [0.15, 0.2) is 91.0 Å². The molecule has 0 saturated carbocycles. The fourth-order valence-electron chi connectivity index (χ4n) is 6.17. The van der Waals surface area contributed by atoms with Gasteiger partial charge < -0.3 is 25.0 Å². The summed E-state index contributed by atoms with van der Waals surface area (Å²) in [5.41, 5.74) is 0.260. The lowest BCUT2D eigenvalue weighted by atomic mass is 9.87. The molecule has 10 nitrogen and oxygen atoms in total. The highest BCUT2D eigenvalue weighted by molar-refractivity contribution is 5.98. The molecule has 0 aliphatic carbocycles. The third-order valence-electron chi connectivity index (χ3n) is 8.51. The predicted octanol–water partition coefficient (Wildman–Crippen LogP) is 6.48. The molecule has 2 aliphatic heterocycles. The van der Waals surface area contributed by atoms with Crippen LogP contribution in [0.1, 0.15) is 61.9 Å². The number of β-lactam (4-membered cyclic amide) rings is 1. The van der Waals surface area contributed by atoms with Gasteiger partial charge in [-0.3, -0.25) is 14.5 Å². The number of hydrogen-bond donors (Lipinski definition) is 2. The minimum atomic E-state index is -4.56. The Morgan fingerprint density at radius 2 is 1.65 bits per heavy atom. The first-order valence-electron chi connectivity index (χ1n) is 16.7. The molecular formula is C38H41F3N4O6. The van der Waals surface area contributed by atoms with Crippen LogP contribution >= 0.6 is 0 Å². The van der Waals surface area contributed by atoms with Crippen molar-refractivity contribution in [3.63, 3.8) is 0 Å². The first-order chi connectivity index (χ1) is 24.2. The van der Waals surface area contributed by atoms with E-state index in [1.807, 2.05) is 60.7 Å². The van der Waals surface area contributed by atoms with Gasteiger partial charge in [0.1, 0.15) is 24.3 Å². The van der Waals surface area contributed by atoms with Gasteiger partial charge in [-0.2, -0.15) is 13.2 Å². The number of cyclic esters (lactones) is 1. The fraction of sp³-hybridized carbons (Fsp3) is 0.368. The van der Waals surface area contributed by atoms with Crippen molar-refractivity contribution in [3.8, 4) is 0 Å². The topological polar surface area (TPSA) is 117 Å². The highest BCUT2D eigenvalue weighted by Gasteiger charge is 2.57. The number of nitrogens with zero attached hydrogens (tertiary/aromatic N) is 2. The van der Waals surface area contributed by atoms with Crippen molar-refractivity contribution in [2.24, 2.45) is 0 Å². The van der Waals surface area contributed by atoms with E-state index in [0.29, 0.717) is 0 Å². The molecule has 5 rings (SSSR count). The summed E-state index contributed by atoms with van der Waals surface area (Å²) in [5, 5.41) is 5.36. The molecule has 2 N–H and O–H groups in total. The van der Waals surface area contributed by atoms with Crippen LogP contribution in [0.2, 0.25) is 0 Å². The van der Waals surface area contributed by atoms with Crippen molar-refractivity contribution < 1.29 is 41.8 Å². The number of halogens is 3. The zero-order valence-electron chi connectivity index (χ0n) is 28.6. The number of ether oxygens (including phenoxy) is 2. The van der Waals surface area contributed by atoms with Crippen LogP contribution in [0.5, 0.6) is 0 Å². The van der Waals surface area contributed by atoms with Crippen molar-refractivity contribution in [3.05, 3.63) is 113 Å². The zero-order valence-corrected chi connectivity index (χ0v) is 28.6. The molecule has 0 bridgehead atoms. The van der Waals surface area contributed by atoms with Crippen molar-refractivity contribution >= 4 is 30.1 Å². The summed E-state index contributed by atoms with van der Waals surface area (Å²) < 4.78 is 50.8. The van der Waals surface area contributed by atoms with Gasteiger partial charge in [0, 0.05) is 13.1 Å². The van der Waals surface area contributed by atoms with Gasteiger partial charge in [-0.1, -0.05) is 84.9 Å². The summed E-state index contributed by atoms with van der Waals surface area (Å²) in [7, 11) is 0. The molecule has 0 aromatic heterocycles. The van der Waals surface area contributed by atoms with Crippen LogP contribution in [0.3, 0.4) is 0 Å². The van der Waals surface area contributed by atoms with E-state index < -0.39 is 65.5 Å². The number of alkyl carbamates (subject to hydrolysis) is 1. The van der Waals surface area contributed by atoms with Gasteiger partial charge in [0.15, 0.2) is 0 Å². The third-order valence-corrected chi connectivity index (χ3v) is 8.51. The van der Waals surface area contributed by atoms with Crippen molar-refractivity contribution in [2.75, 3.05) is 13.2 Å². The Hall–Kier alpha value is -5.33. The van der Waals surface area contributed by atoms with Crippen LogP contribution in [0.25, 0.3) is 6.08 Å². The summed E-state index contributed by atoms with van der Waals surface area (Å²) in [6.07, 6.45) is -1.95. The van der Waals surface area contributed by atoms with Crippen molar-refractivity contribution in [1.29, 1.82) is 0 Å². The van der Waals surface area contributed by atoms with Gasteiger partial charge in [-0.25, -0.2) is 9.59 Å². The van der Waals surface area contributed by atoms with Crippen LogP contribution in [0, 0.1) is 0 Å². The van der Waals surface area contributed by atoms with Crippen LogP contribution in [0.4, 0.5) is 22.8 Å². The Balaban J connectivity index is 1.42. The van der Waals surface area contributed by atoms with Crippen LogP contribution in [-0.2, 0) is 31.8 Å². The molecule has 2 aliphatic rings. The van der Waals surface area contributed by atoms with E-state index in [9.17, 15) is 32.3 Å². The number of alkyl halides is 3. The van der Waals surface area contributed by atoms with Crippen molar-refractivity contribution in [2.45, 2.75) is 76.1 Å². The Kier molecular flexibility index (Phi) is 11.4. The standard InChI is InChI=1S/C38H41F3N4O6/c1-37(2,3)51-35(48)42-21-11-18-30(33(46)43-23-26-14-10-17-28(22-26)38(39,40)41)44-29(20-19-25-12-6-4-7-13-25)32(34(44)47)45-31(24-50-36(45)49)27-15-8-5-9-16-27/h4-10,12-17,19-20,22,29-32H,11,18,21,23-24H2,1-3H3,(H,42,48)(H,43,46)/b20-19+/t29-,30-,31-,32-/m0/s1. The second kappa shape index (κ2) is 15.7. The number of carbonyl (C=O) groups excluding carboxylic acids is 4. The molecule has 0 spiro atoms. The van der Waals surface area contributed by atoms with Gasteiger partial charge in [0.05, 0.1) is 17.6 Å². The van der Waals surface area contributed by atoms with E-state index in [1.165, 1.54) is 21.9 Å². The number of benzene rings is 3. The molecule has 4 amide bonds. The minimum Gasteiger partial charge on any atom is -0.447 e. The average molecular weight is 707 g/mol. The Morgan fingerprint density at radius 3 is 2.31 bits per heavy atom. The molecule has 0 radical (unpaired) electrons. The minimum absolute atomic E-state index is 0.0407. The molecule has 51 heavy (non-hydrogen) atoms. The summed E-state index contributed by atoms with van der Waals surface area (Å²) in [5.74, 6) is -1.09. The molecule has 2 heterocycles. The highest BCUT2D eigenvalue weighted by Crippen LogP contribution is 2.39. The van der Waals surface area contributed by atoms with E-state index in [4.69, 9.17) is 9.47 Å². The molecular weight excluding hydrogens is 665 g/mol. The van der Waals surface area contributed by atoms with Gasteiger partial charge in [0.2, 0.25) is 11.8 Å². The third kappa shape index (κ3) is 9.27. The number of hydrogen-bond acceptors (Lipinski definition) is 6. The van der Waals surface area contributed by atoms with E-state index in [2.05, 4.69) is 10.6 Å². The Morgan fingerprint density at radius 1 is 0.961 bits per heavy atom. The first kappa shape index (κ1) is 36.9. The molecule has 2 fully saturated rings. The zero-order chi connectivity index (χ0) is 36.8. The molecule has 2 saturated heterocycles. The number of likely N-dealkylation sites (tertiary alicyclic amines) is 1. The summed E-state index contributed by atoms with van der Waals surface area (Å²) in [4.78, 5) is 56.4. The second-order valence-electron chi connectivity index (χ2n) is 13.4. The van der Waals surface area contributed by atoms with Gasteiger partial charge >= 0.3 is 18.4 Å². The highest BCUT2D eigenvalue weighted by atomic mass is 19.4. The molecule has 13 heteroatoms.